The normalized spacial score (nSPS) is 15.5. The molecule has 0 N–H and O–H groups in total. The van der Waals surface area contributed by atoms with E-state index in [0.29, 0.717) is 0 Å². The third-order valence-electron chi connectivity index (χ3n) is 4.17. The Labute approximate surface area is 151 Å². The molecule has 0 aromatic heterocycles. The molecule has 24 heavy (non-hydrogen) atoms. The first-order chi connectivity index (χ1) is 11.8. The van der Waals surface area contributed by atoms with Gasteiger partial charge in [0.2, 0.25) is 0 Å². The minimum atomic E-state index is -0.438. The number of rotatable bonds is 3. The summed E-state index contributed by atoms with van der Waals surface area (Å²) in [6.45, 7) is 0. The topological polar surface area (TPSA) is 0 Å². The van der Waals surface area contributed by atoms with Crippen molar-refractivity contribution in [3.63, 3.8) is 0 Å². The standard InChI is InChI=1S/C22H16PSe/c24-23-16-20(17-10-4-1-5-11-17)21(18-12-6-2-7-13-18)22(23)19-14-8-3-9-15-19/h1-16H/q+1. The Balaban J connectivity index is 1.98. The van der Waals surface area contributed by atoms with E-state index >= 15 is 0 Å². The van der Waals surface area contributed by atoms with Crippen molar-refractivity contribution in [1.82, 2.24) is 0 Å². The van der Waals surface area contributed by atoms with Crippen molar-refractivity contribution in [2.75, 3.05) is 0 Å². The van der Waals surface area contributed by atoms with Crippen LogP contribution in [-0.2, 0) is 0 Å². The fourth-order valence-corrected chi connectivity index (χ4v) is 6.50. The Bertz CT molecular complexity index is 939. The van der Waals surface area contributed by atoms with Gasteiger partial charge in [-0.25, -0.2) is 0 Å². The molecular formula is C22H16PSe+. The van der Waals surface area contributed by atoms with E-state index < -0.39 is 6.17 Å². The summed E-state index contributed by atoms with van der Waals surface area (Å²) >= 11 is 3.42. The van der Waals surface area contributed by atoms with Crippen molar-refractivity contribution in [1.29, 1.82) is 0 Å². The zero-order chi connectivity index (χ0) is 16.4. The molecule has 1 heterocycles. The van der Waals surface area contributed by atoms with Crippen LogP contribution < -0.4 is 0 Å². The molecule has 0 radical (unpaired) electrons. The molecule has 0 fully saturated rings. The SMILES string of the molecule is [Se]=[P+]1C=C(c2ccccc2)C(c2ccccc2)=C1c1ccccc1. The van der Waals surface area contributed by atoms with Crippen molar-refractivity contribution in [3.8, 4) is 0 Å². The van der Waals surface area contributed by atoms with Crippen molar-refractivity contribution in [3.05, 3.63) is 114 Å². The number of benzene rings is 3. The molecule has 0 aliphatic carbocycles. The predicted molar refractivity (Wildman–Crippen MR) is 107 cm³/mol. The molecule has 0 amide bonds. The van der Waals surface area contributed by atoms with Crippen LogP contribution in [-0.4, -0.2) is 15.1 Å². The molecule has 3 aromatic rings. The van der Waals surface area contributed by atoms with Gasteiger partial charge in [-0.3, -0.25) is 0 Å². The summed E-state index contributed by atoms with van der Waals surface area (Å²) in [6.07, 6.45) is -0.438. The van der Waals surface area contributed by atoms with Gasteiger partial charge in [0.15, 0.2) is 0 Å². The summed E-state index contributed by atoms with van der Waals surface area (Å²) in [5, 5.41) is 1.43. The molecule has 0 saturated carbocycles. The summed E-state index contributed by atoms with van der Waals surface area (Å²) in [5.74, 6) is 2.41. The van der Waals surface area contributed by atoms with Crippen LogP contribution in [0.3, 0.4) is 0 Å². The Morgan fingerprint density at radius 1 is 0.542 bits per heavy atom. The molecular weight excluding hydrogens is 374 g/mol. The van der Waals surface area contributed by atoms with Gasteiger partial charge < -0.3 is 0 Å². The van der Waals surface area contributed by atoms with E-state index in [1.165, 1.54) is 33.2 Å². The molecule has 0 bridgehead atoms. The maximum atomic E-state index is 3.42. The van der Waals surface area contributed by atoms with Crippen molar-refractivity contribution in [2.24, 2.45) is 0 Å². The van der Waals surface area contributed by atoms with Crippen LogP contribution in [0.25, 0.3) is 16.5 Å². The van der Waals surface area contributed by atoms with Gasteiger partial charge in [-0.05, 0) is 0 Å². The van der Waals surface area contributed by atoms with Gasteiger partial charge in [-0.15, -0.1) is 0 Å². The van der Waals surface area contributed by atoms with E-state index in [2.05, 4.69) is 112 Å². The second-order valence-corrected chi connectivity index (χ2v) is 9.52. The van der Waals surface area contributed by atoms with Gasteiger partial charge in [0, 0.05) is 0 Å². The van der Waals surface area contributed by atoms with Crippen LogP contribution in [0.2, 0.25) is 0 Å². The molecule has 2 heteroatoms. The van der Waals surface area contributed by atoms with E-state index in [1.807, 2.05) is 0 Å². The Kier molecular flexibility index (Phi) is 4.41. The maximum absolute atomic E-state index is 3.42. The number of hydrogen-bond acceptors (Lipinski definition) is 0. The first kappa shape index (κ1) is 15.5. The first-order valence-electron chi connectivity index (χ1n) is 7.94. The van der Waals surface area contributed by atoms with Gasteiger partial charge >= 0.3 is 151 Å². The quantitative estimate of drug-likeness (QED) is 0.370. The molecule has 1 atom stereocenters. The summed E-state index contributed by atoms with van der Waals surface area (Å²) in [7, 11) is 0. The van der Waals surface area contributed by atoms with E-state index in [-0.39, 0.29) is 0 Å². The monoisotopic (exact) mass is 391 g/mol. The third kappa shape index (κ3) is 2.87. The van der Waals surface area contributed by atoms with Crippen LogP contribution >= 0.6 is 6.17 Å². The molecule has 1 unspecified atom stereocenters. The van der Waals surface area contributed by atoms with Gasteiger partial charge in [0.25, 0.3) is 0 Å². The number of allylic oxidation sites excluding steroid dienone is 2. The summed E-state index contributed by atoms with van der Waals surface area (Å²) in [4.78, 5) is 0. The second kappa shape index (κ2) is 6.83. The van der Waals surface area contributed by atoms with Gasteiger partial charge in [0.1, 0.15) is 0 Å². The summed E-state index contributed by atoms with van der Waals surface area (Å²) in [6, 6.07) is 32.2. The van der Waals surface area contributed by atoms with Gasteiger partial charge in [-0.2, -0.15) is 0 Å². The van der Waals surface area contributed by atoms with Crippen molar-refractivity contribution in [2.45, 2.75) is 0 Å². The molecule has 3 aromatic carbocycles. The fourth-order valence-electron chi connectivity index (χ4n) is 3.09. The Morgan fingerprint density at radius 3 is 1.54 bits per heavy atom. The van der Waals surface area contributed by atoms with E-state index in [9.17, 15) is 0 Å². The van der Waals surface area contributed by atoms with Crippen LogP contribution in [0.1, 0.15) is 16.7 Å². The molecule has 114 valence electrons. The average molecular weight is 390 g/mol. The van der Waals surface area contributed by atoms with Crippen LogP contribution in [0, 0.1) is 0 Å². The van der Waals surface area contributed by atoms with Gasteiger partial charge in [-0.1, -0.05) is 0 Å². The average Bonchev–Trinajstić information content (AvgIpc) is 3.01. The molecule has 1 aliphatic rings. The predicted octanol–water partition coefficient (Wildman–Crippen LogP) is 6.18. The first-order valence-corrected chi connectivity index (χ1v) is 11.6. The van der Waals surface area contributed by atoms with Crippen LogP contribution in [0.4, 0.5) is 0 Å². The molecule has 0 spiro atoms. The second-order valence-electron chi connectivity index (χ2n) is 5.69. The molecule has 0 nitrogen and oxygen atoms in total. The Morgan fingerprint density at radius 2 is 1.00 bits per heavy atom. The summed E-state index contributed by atoms with van der Waals surface area (Å²) in [5.41, 5.74) is 6.57. The minimum absolute atomic E-state index is 0.438. The molecule has 0 saturated heterocycles. The van der Waals surface area contributed by atoms with Crippen LogP contribution in [0.5, 0.6) is 0 Å². The van der Waals surface area contributed by atoms with E-state index in [0.717, 1.165) is 0 Å². The zero-order valence-corrected chi connectivity index (χ0v) is 15.7. The van der Waals surface area contributed by atoms with Crippen LogP contribution in [0.15, 0.2) is 96.8 Å². The summed E-state index contributed by atoms with van der Waals surface area (Å²) < 4.78 is 0. The zero-order valence-electron chi connectivity index (χ0n) is 13.1. The van der Waals surface area contributed by atoms with Gasteiger partial charge in [0.05, 0.1) is 0 Å². The van der Waals surface area contributed by atoms with E-state index in [1.54, 1.807) is 0 Å². The third-order valence-corrected chi connectivity index (χ3v) is 7.40. The van der Waals surface area contributed by atoms with Crippen molar-refractivity contribution >= 4 is 37.7 Å². The van der Waals surface area contributed by atoms with E-state index in [4.69, 9.17) is 0 Å². The van der Waals surface area contributed by atoms with Crippen molar-refractivity contribution < 1.29 is 0 Å². The fraction of sp³-hybridized carbons (Fsp3) is 0. The molecule has 1 aliphatic heterocycles. The molecule has 4 rings (SSSR count). The number of hydrogen-bond donors (Lipinski definition) is 0. The Hall–Kier alpha value is -2.04.